The molecular weight excluding hydrogens is 242 g/mol. The van der Waals surface area contributed by atoms with Crippen LogP contribution in [0.15, 0.2) is 34.7 Å². The van der Waals surface area contributed by atoms with Gasteiger partial charge in [-0.2, -0.15) is 0 Å². The molecule has 2 aromatic rings. The molecule has 1 aliphatic rings. The normalized spacial score (nSPS) is 20.2. The standard InChI is InChI=1S/C15H19NO3/c1-16(10-14-11-17-6-7-18-14)9-13-8-12-4-2-3-5-15(12)19-13/h2-5,8,14H,6-7,9-11H2,1H3. The van der Waals surface area contributed by atoms with Crippen LogP contribution in [0.25, 0.3) is 11.0 Å². The van der Waals surface area contributed by atoms with Gasteiger partial charge in [-0.1, -0.05) is 18.2 Å². The van der Waals surface area contributed by atoms with Crippen molar-refractivity contribution in [1.82, 2.24) is 4.90 Å². The maximum absolute atomic E-state index is 5.81. The van der Waals surface area contributed by atoms with Crippen molar-refractivity contribution in [3.05, 3.63) is 36.1 Å². The minimum absolute atomic E-state index is 0.170. The van der Waals surface area contributed by atoms with Crippen LogP contribution in [-0.4, -0.2) is 44.4 Å². The van der Waals surface area contributed by atoms with E-state index < -0.39 is 0 Å². The first-order chi connectivity index (χ1) is 9.31. The SMILES string of the molecule is CN(Cc1cc2ccccc2o1)CC1COCCO1. The Balaban J connectivity index is 1.60. The van der Waals surface area contributed by atoms with Gasteiger partial charge in [0.1, 0.15) is 11.3 Å². The summed E-state index contributed by atoms with van der Waals surface area (Å²) in [4.78, 5) is 2.21. The summed E-state index contributed by atoms with van der Waals surface area (Å²) in [5, 5.41) is 1.16. The molecule has 1 fully saturated rings. The Kier molecular flexibility index (Phi) is 3.82. The zero-order chi connectivity index (χ0) is 13.1. The molecule has 102 valence electrons. The van der Waals surface area contributed by atoms with Crippen LogP contribution in [0.3, 0.4) is 0 Å². The third-order valence-corrected chi connectivity index (χ3v) is 3.30. The molecule has 19 heavy (non-hydrogen) atoms. The van der Waals surface area contributed by atoms with Crippen molar-refractivity contribution in [2.75, 3.05) is 33.4 Å². The van der Waals surface area contributed by atoms with E-state index in [0.29, 0.717) is 19.8 Å². The highest BCUT2D eigenvalue weighted by atomic mass is 16.6. The van der Waals surface area contributed by atoms with Gasteiger partial charge < -0.3 is 13.9 Å². The quantitative estimate of drug-likeness (QED) is 0.845. The number of hydrogen-bond acceptors (Lipinski definition) is 4. The minimum Gasteiger partial charge on any atom is -0.460 e. The van der Waals surface area contributed by atoms with E-state index in [1.165, 1.54) is 0 Å². The smallest absolute Gasteiger partial charge is 0.134 e. The molecule has 2 heterocycles. The van der Waals surface area contributed by atoms with Gasteiger partial charge >= 0.3 is 0 Å². The molecule has 3 rings (SSSR count). The molecular formula is C15H19NO3. The summed E-state index contributed by atoms with van der Waals surface area (Å²) >= 11 is 0. The first-order valence-corrected chi connectivity index (χ1v) is 6.66. The van der Waals surface area contributed by atoms with Crippen LogP contribution in [0, 0.1) is 0 Å². The van der Waals surface area contributed by atoms with E-state index in [1.54, 1.807) is 0 Å². The Bertz CT molecular complexity index is 498. The lowest BCUT2D eigenvalue weighted by molar-refractivity contribution is -0.0965. The summed E-state index contributed by atoms with van der Waals surface area (Å²) < 4.78 is 16.9. The maximum atomic E-state index is 5.81. The van der Waals surface area contributed by atoms with Crippen LogP contribution in [-0.2, 0) is 16.0 Å². The highest BCUT2D eigenvalue weighted by Gasteiger charge is 2.17. The number of furan rings is 1. The lowest BCUT2D eigenvalue weighted by atomic mass is 10.2. The zero-order valence-electron chi connectivity index (χ0n) is 11.2. The Morgan fingerprint density at radius 3 is 2.95 bits per heavy atom. The Labute approximate surface area is 112 Å². The van der Waals surface area contributed by atoms with Gasteiger partial charge in [0.15, 0.2) is 0 Å². The molecule has 0 amide bonds. The van der Waals surface area contributed by atoms with Crippen LogP contribution in [0.1, 0.15) is 5.76 Å². The van der Waals surface area contributed by atoms with Gasteiger partial charge in [0.25, 0.3) is 0 Å². The van der Waals surface area contributed by atoms with Gasteiger partial charge in [-0.15, -0.1) is 0 Å². The average molecular weight is 261 g/mol. The number of hydrogen-bond donors (Lipinski definition) is 0. The number of para-hydroxylation sites is 1. The van der Waals surface area contributed by atoms with Crippen molar-refractivity contribution in [3.8, 4) is 0 Å². The van der Waals surface area contributed by atoms with E-state index in [2.05, 4.69) is 24.1 Å². The molecule has 1 aromatic heterocycles. The lowest BCUT2D eigenvalue weighted by Crippen LogP contribution is -2.38. The van der Waals surface area contributed by atoms with Crippen LogP contribution in [0.5, 0.6) is 0 Å². The maximum Gasteiger partial charge on any atom is 0.134 e. The molecule has 1 saturated heterocycles. The molecule has 1 aromatic carbocycles. The number of fused-ring (bicyclic) bond motifs is 1. The van der Waals surface area contributed by atoms with Gasteiger partial charge in [0.05, 0.1) is 32.5 Å². The first-order valence-electron chi connectivity index (χ1n) is 6.66. The van der Waals surface area contributed by atoms with Gasteiger partial charge in [-0.3, -0.25) is 4.90 Å². The molecule has 0 bridgehead atoms. The van der Waals surface area contributed by atoms with E-state index >= 15 is 0 Å². The summed E-state index contributed by atoms with van der Waals surface area (Å²) in [6.45, 7) is 3.74. The van der Waals surface area contributed by atoms with E-state index in [-0.39, 0.29) is 6.10 Å². The summed E-state index contributed by atoms with van der Waals surface area (Å²) in [7, 11) is 2.07. The van der Waals surface area contributed by atoms with Crippen LogP contribution < -0.4 is 0 Å². The van der Waals surface area contributed by atoms with Crippen LogP contribution >= 0.6 is 0 Å². The number of likely N-dealkylation sites (N-methyl/N-ethyl adjacent to an activating group) is 1. The first kappa shape index (κ1) is 12.7. The molecule has 4 heteroatoms. The van der Waals surface area contributed by atoms with E-state index in [4.69, 9.17) is 13.9 Å². The molecule has 0 saturated carbocycles. The summed E-state index contributed by atoms with van der Waals surface area (Å²) in [5.41, 5.74) is 0.947. The average Bonchev–Trinajstić information content (AvgIpc) is 2.81. The van der Waals surface area contributed by atoms with Crippen molar-refractivity contribution in [2.24, 2.45) is 0 Å². The molecule has 0 aliphatic carbocycles. The molecule has 0 spiro atoms. The summed E-state index contributed by atoms with van der Waals surface area (Å²) in [5.74, 6) is 0.987. The fraction of sp³-hybridized carbons (Fsp3) is 0.467. The highest BCUT2D eigenvalue weighted by Crippen LogP contribution is 2.19. The summed E-state index contributed by atoms with van der Waals surface area (Å²) in [6.07, 6.45) is 0.170. The Hall–Kier alpha value is -1.36. The van der Waals surface area contributed by atoms with E-state index in [9.17, 15) is 0 Å². The fourth-order valence-corrected chi connectivity index (χ4v) is 2.43. The predicted octanol–water partition coefficient (Wildman–Crippen LogP) is 2.28. The molecule has 4 nitrogen and oxygen atoms in total. The topological polar surface area (TPSA) is 34.8 Å². The highest BCUT2D eigenvalue weighted by molar-refractivity contribution is 5.77. The molecule has 1 atom stereocenters. The molecule has 1 unspecified atom stereocenters. The number of nitrogens with zero attached hydrogens (tertiary/aromatic N) is 1. The third-order valence-electron chi connectivity index (χ3n) is 3.30. The third kappa shape index (κ3) is 3.15. The molecule has 1 aliphatic heterocycles. The Morgan fingerprint density at radius 1 is 1.26 bits per heavy atom. The largest absolute Gasteiger partial charge is 0.460 e. The number of rotatable bonds is 4. The monoisotopic (exact) mass is 261 g/mol. The van der Waals surface area contributed by atoms with Gasteiger partial charge in [-0.25, -0.2) is 0 Å². The predicted molar refractivity (Wildman–Crippen MR) is 73.1 cm³/mol. The van der Waals surface area contributed by atoms with Crippen molar-refractivity contribution in [2.45, 2.75) is 12.6 Å². The van der Waals surface area contributed by atoms with Crippen molar-refractivity contribution >= 4 is 11.0 Å². The zero-order valence-corrected chi connectivity index (χ0v) is 11.2. The Morgan fingerprint density at radius 2 is 2.16 bits per heavy atom. The van der Waals surface area contributed by atoms with E-state index in [1.807, 2.05) is 18.2 Å². The van der Waals surface area contributed by atoms with Gasteiger partial charge in [0.2, 0.25) is 0 Å². The fourth-order valence-electron chi connectivity index (χ4n) is 2.43. The van der Waals surface area contributed by atoms with Crippen LogP contribution in [0.4, 0.5) is 0 Å². The molecule has 0 radical (unpaired) electrons. The number of benzene rings is 1. The van der Waals surface area contributed by atoms with Crippen molar-refractivity contribution in [3.63, 3.8) is 0 Å². The van der Waals surface area contributed by atoms with Gasteiger partial charge in [0, 0.05) is 11.9 Å². The number of ether oxygens (including phenoxy) is 2. The molecule has 0 N–H and O–H groups in total. The van der Waals surface area contributed by atoms with Crippen molar-refractivity contribution in [1.29, 1.82) is 0 Å². The van der Waals surface area contributed by atoms with E-state index in [0.717, 1.165) is 29.8 Å². The minimum atomic E-state index is 0.170. The second kappa shape index (κ2) is 5.74. The summed E-state index contributed by atoms with van der Waals surface area (Å²) in [6, 6.07) is 10.2. The van der Waals surface area contributed by atoms with Crippen LogP contribution in [0.2, 0.25) is 0 Å². The van der Waals surface area contributed by atoms with Gasteiger partial charge in [-0.05, 0) is 19.2 Å². The second-order valence-corrected chi connectivity index (χ2v) is 5.02. The second-order valence-electron chi connectivity index (χ2n) is 5.02. The van der Waals surface area contributed by atoms with Crippen molar-refractivity contribution < 1.29 is 13.9 Å². The lowest BCUT2D eigenvalue weighted by Gasteiger charge is -2.26.